The lowest BCUT2D eigenvalue weighted by Gasteiger charge is -2.30. The number of benzene rings is 2. The quantitative estimate of drug-likeness (QED) is 0.517. The molecule has 7 heteroatoms. The van der Waals surface area contributed by atoms with Crippen LogP contribution in [0.4, 0.5) is 0 Å². The van der Waals surface area contributed by atoms with E-state index in [1.807, 2.05) is 45.9 Å². The standard InChI is InChI=1S/C24H30Cl2N2O3/c1-5-11-27-24(30)22(6-2)28(14-18-8-10-20(25)21(26)13-18)23(29)15-31-19-9-7-16(3)17(4)12-19/h7-10,12-13,22H,5-6,11,14-15H2,1-4H3,(H,27,30). The zero-order valence-corrected chi connectivity index (χ0v) is 20.0. The number of hydrogen-bond acceptors (Lipinski definition) is 3. The fraction of sp³-hybridized carbons (Fsp3) is 0.417. The summed E-state index contributed by atoms with van der Waals surface area (Å²) in [5.41, 5.74) is 3.03. The number of aryl methyl sites for hydroxylation is 2. The van der Waals surface area contributed by atoms with Gasteiger partial charge in [-0.15, -0.1) is 0 Å². The highest BCUT2D eigenvalue weighted by molar-refractivity contribution is 6.42. The molecule has 0 aliphatic rings. The van der Waals surface area contributed by atoms with E-state index in [1.165, 1.54) is 0 Å². The Morgan fingerprint density at radius 2 is 1.77 bits per heavy atom. The Morgan fingerprint density at radius 1 is 1.03 bits per heavy atom. The maximum absolute atomic E-state index is 13.2. The van der Waals surface area contributed by atoms with Crippen LogP contribution in [-0.4, -0.2) is 35.9 Å². The van der Waals surface area contributed by atoms with Crippen LogP contribution in [0.25, 0.3) is 0 Å². The van der Waals surface area contributed by atoms with Crippen LogP contribution in [0.1, 0.15) is 43.4 Å². The molecule has 2 aromatic rings. The van der Waals surface area contributed by atoms with Crippen LogP contribution in [0, 0.1) is 13.8 Å². The molecule has 0 spiro atoms. The number of carbonyl (C=O) groups is 2. The molecule has 0 radical (unpaired) electrons. The summed E-state index contributed by atoms with van der Waals surface area (Å²) in [4.78, 5) is 27.5. The molecule has 5 nitrogen and oxygen atoms in total. The number of nitrogens with zero attached hydrogens (tertiary/aromatic N) is 1. The summed E-state index contributed by atoms with van der Waals surface area (Å²) in [5.74, 6) is 0.168. The van der Waals surface area contributed by atoms with Crippen molar-refractivity contribution in [1.82, 2.24) is 10.2 Å². The minimum absolute atomic E-state index is 0.165. The lowest BCUT2D eigenvalue weighted by atomic mass is 10.1. The highest BCUT2D eigenvalue weighted by Crippen LogP contribution is 2.24. The van der Waals surface area contributed by atoms with Crippen LogP contribution in [0.15, 0.2) is 36.4 Å². The van der Waals surface area contributed by atoms with E-state index in [4.69, 9.17) is 27.9 Å². The van der Waals surface area contributed by atoms with Crippen LogP contribution >= 0.6 is 23.2 Å². The van der Waals surface area contributed by atoms with Crippen molar-refractivity contribution in [3.63, 3.8) is 0 Å². The van der Waals surface area contributed by atoms with E-state index in [2.05, 4.69) is 5.32 Å². The molecule has 0 aliphatic heterocycles. The number of ether oxygens (including phenoxy) is 1. The molecule has 1 atom stereocenters. The van der Waals surface area contributed by atoms with Gasteiger partial charge in [0.25, 0.3) is 5.91 Å². The first-order valence-electron chi connectivity index (χ1n) is 10.5. The third kappa shape index (κ3) is 7.15. The molecule has 2 aromatic carbocycles. The Hall–Kier alpha value is -2.24. The molecule has 0 saturated heterocycles. The average Bonchev–Trinajstić information content (AvgIpc) is 2.75. The topological polar surface area (TPSA) is 58.6 Å². The molecule has 0 fully saturated rings. The molecule has 2 amide bonds. The lowest BCUT2D eigenvalue weighted by molar-refractivity contribution is -0.143. The average molecular weight is 465 g/mol. The Labute approximate surface area is 194 Å². The van der Waals surface area contributed by atoms with Gasteiger partial charge in [0.05, 0.1) is 10.0 Å². The van der Waals surface area contributed by atoms with Crippen molar-refractivity contribution in [3.05, 3.63) is 63.1 Å². The molecular weight excluding hydrogens is 435 g/mol. The number of amides is 2. The first kappa shape index (κ1) is 25.0. The van der Waals surface area contributed by atoms with Crippen molar-refractivity contribution < 1.29 is 14.3 Å². The molecule has 1 unspecified atom stereocenters. The van der Waals surface area contributed by atoms with E-state index in [9.17, 15) is 9.59 Å². The maximum Gasteiger partial charge on any atom is 0.261 e. The van der Waals surface area contributed by atoms with E-state index in [0.717, 1.165) is 23.1 Å². The summed E-state index contributed by atoms with van der Waals surface area (Å²) in [6, 6.07) is 10.3. The van der Waals surface area contributed by atoms with Crippen molar-refractivity contribution >= 4 is 35.0 Å². The van der Waals surface area contributed by atoms with Gasteiger partial charge >= 0.3 is 0 Å². The van der Waals surface area contributed by atoms with Crippen molar-refractivity contribution in [2.75, 3.05) is 13.2 Å². The van der Waals surface area contributed by atoms with Crippen molar-refractivity contribution in [2.45, 2.75) is 53.1 Å². The van der Waals surface area contributed by atoms with E-state index in [1.54, 1.807) is 23.1 Å². The molecule has 0 aliphatic carbocycles. The molecule has 0 heterocycles. The maximum atomic E-state index is 13.2. The van der Waals surface area contributed by atoms with Crippen LogP contribution < -0.4 is 10.1 Å². The van der Waals surface area contributed by atoms with Crippen molar-refractivity contribution in [3.8, 4) is 5.75 Å². The second kappa shape index (κ2) is 12.0. The number of hydrogen-bond donors (Lipinski definition) is 1. The first-order valence-corrected chi connectivity index (χ1v) is 11.2. The fourth-order valence-corrected chi connectivity index (χ4v) is 3.47. The lowest BCUT2D eigenvalue weighted by Crippen LogP contribution is -2.50. The van der Waals surface area contributed by atoms with Crippen LogP contribution in [0.5, 0.6) is 5.75 Å². The molecule has 1 N–H and O–H groups in total. The van der Waals surface area contributed by atoms with Gasteiger partial charge in [0.15, 0.2) is 6.61 Å². The summed E-state index contributed by atoms with van der Waals surface area (Å²) < 4.78 is 5.75. The Morgan fingerprint density at radius 3 is 2.39 bits per heavy atom. The van der Waals surface area contributed by atoms with Gasteiger partial charge in [0, 0.05) is 13.1 Å². The van der Waals surface area contributed by atoms with E-state index < -0.39 is 6.04 Å². The molecular formula is C24H30Cl2N2O3. The minimum atomic E-state index is -0.614. The van der Waals surface area contributed by atoms with E-state index in [-0.39, 0.29) is 25.0 Å². The molecule has 0 bridgehead atoms. The molecule has 2 rings (SSSR count). The number of rotatable bonds is 10. The molecule has 0 saturated carbocycles. The highest BCUT2D eigenvalue weighted by atomic mass is 35.5. The fourth-order valence-electron chi connectivity index (χ4n) is 3.15. The van der Waals surface area contributed by atoms with Crippen LogP contribution in [0.3, 0.4) is 0 Å². The van der Waals surface area contributed by atoms with Gasteiger partial charge in [-0.1, -0.05) is 49.2 Å². The zero-order chi connectivity index (χ0) is 23.0. The minimum Gasteiger partial charge on any atom is -0.484 e. The van der Waals surface area contributed by atoms with Gasteiger partial charge < -0.3 is 15.0 Å². The van der Waals surface area contributed by atoms with Crippen LogP contribution in [-0.2, 0) is 16.1 Å². The monoisotopic (exact) mass is 464 g/mol. The predicted octanol–water partition coefficient (Wildman–Crippen LogP) is 5.32. The largest absolute Gasteiger partial charge is 0.484 e. The molecule has 0 aromatic heterocycles. The van der Waals surface area contributed by atoms with Crippen molar-refractivity contribution in [2.24, 2.45) is 0 Å². The van der Waals surface area contributed by atoms with Gasteiger partial charge in [0.2, 0.25) is 5.91 Å². The van der Waals surface area contributed by atoms with Gasteiger partial charge in [-0.2, -0.15) is 0 Å². The van der Waals surface area contributed by atoms with Gasteiger partial charge in [-0.05, 0) is 67.6 Å². The normalized spacial score (nSPS) is 11.7. The number of halogens is 2. The summed E-state index contributed by atoms with van der Waals surface area (Å²) in [5, 5.41) is 3.73. The SMILES string of the molecule is CCCNC(=O)C(CC)N(Cc1ccc(Cl)c(Cl)c1)C(=O)COc1ccc(C)c(C)c1. The van der Waals surface area contributed by atoms with Crippen molar-refractivity contribution in [1.29, 1.82) is 0 Å². The Balaban J connectivity index is 2.23. The van der Waals surface area contributed by atoms with E-state index >= 15 is 0 Å². The van der Waals surface area contributed by atoms with Gasteiger partial charge in [0.1, 0.15) is 11.8 Å². The number of carbonyl (C=O) groups excluding carboxylic acids is 2. The summed E-state index contributed by atoms with van der Waals surface area (Å²) in [6.45, 7) is 8.50. The summed E-state index contributed by atoms with van der Waals surface area (Å²) in [6.07, 6.45) is 1.30. The third-order valence-corrected chi connectivity index (χ3v) is 5.85. The first-order chi connectivity index (χ1) is 14.8. The number of nitrogens with one attached hydrogen (secondary N) is 1. The predicted molar refractivity (Wildman–Crippen MR) is 126 cm³/mol. The van der Waals surface area contributed by atoms with E-state index in [0.29, 0.717) is 28.8 Å². The summed E-state index contributed by atoms with van der Waals surface area (Å²) in [7, 11) is 0. The Bertz CT molecular complexity index is 918. The summed E-state index contributed by atoms with van der Waals surface area (Å²) >= 11 is 12.2. The third-order valence-electron chi connectivity index (χ3n) is 5.11. The molecule has 31 heavy (non-hydrogen) atoms. The Kier molecular flexibility index (Phi) is 9.66. The van der Waals surface area contributed by atoms with Gasteiger partial charge in [-0.3, -0.25) is 9.59 Å². The molecule has 168 valence electrons. The van der Waals surface area contributed by atoms with Gasteiger partial charge in [-0.25, -0.2) is 0 Å². The van der Waals surface area contributed by atoms with Crippen LogP contribution in [0.2, 0.25) is 10.0 Å². The zero-order valence-electron chi connectivity index (χ0n) is 18.5. The second-order valence-electron chi connectivity index (χ2n) is 7.52. The smallest absolute Gasteiger partial charge is 0.261 e. The second-order valence-corrected chi connectivity index (χ2v) is 8.33. The highest BCUT2D eigenvalue weighted by Gasteiger charge is 2.29.